The Morgan fingerprint density at radius 3 is 1.78 bits per heavy atom. The van der Waals surface area contributed by atoms with Gasteiger partial charge in [0.15, 0.2) is 0 Å². The summed E-state index contributed by atoms with van der Waals surface area (Å²) in [5.74, 6) is 0. The first-order valence-electron chi connectivity index (χ1n) is 2.54. The van der Waals surface area contributed by atoms with Crippen LogP contribution >= 0.6 is 0 Å². The number of nitrogens with zero attached hydrogens (tertiary/aromatic N) is 2. The van der Waals surface area contributed by atoms with E-state index in [1.807, 2.05) is 13.8 Å². The van der Waals surface area contributed by atoms with Gasteiger partial charge in [0.05, 0.1) is 11.4 Å². The molecule has 0 aliphatic rings. The Morgan fingerprint density at radius 1 is 1.11 bits per heavy atom. The summed E-state index contributed by atoms with van der Waals surface area (Å²) in [4.78, 5) is 8.03. The van der Waals surface area contributed by atoms with Gasteiger partial charge in [0.25, 0.3) is 0 Å². The fourth-order valence-corrected chi connectivity index (χ4v) is 0.589. The van der Waals surface area contributed by atoms with E-state index in [9.17, 15) is 0 Å². The molecule has 0 aliphatic carbocycles. The van der Waals surface area contributed by atoms with E-state index in [0.717, 1.165) is 11.4 Å². The van der Waals surface area contributed by atoms with Gasteiger partial charge in [-0.15, -0.1) is 0 Å². The molecule has 0 saturated heterocycles. The monoisotopic (exact) mass is 125 g/mol. The standard InChI is InChI=1S/C6H8N2.H3N/c1-5-3-7-4-6(2)8-5;/h3-4H,1-2H3;1H3. The van der Waals surface area contributed by atoms with Crippen LogP contribution in [0, 0.1) is 13.8 Å². The molecule has 1 heterocycles. The van der Waals surface area contributed by atoms with E-state index in [1.54, 1.807) is 12.4 Å². The van der Waals surface area contributed by atoms with E-state index in [0.29, 0.717) is 0 Å². The maximum atomic E-state index is 4.11. The van der Waals surface area contributed by atoms with Crippen LogP contribution in [0.3, 0.4) is 0 Å². The van der Waals surface area contributed by atoms with Crippen molar-refractivity contribution in [2.45, 2.75) is 13.8 Å². The smallest absolute Gasteiger partial charge is 0.0558 e. The van der Waals surface area contributed by atoms with Gasteiger partial charge < -0.3 is 6.15 Å². The lowest BCUT2D eigenvalue weighted by Gasteiger charge is -1.89. The summed E-state index contributed by atoms with van der Waals surface area (Å²) < 4.78 is 0. The van der Waals surface area contributed by atoms with Crippen molar-refractivity contribution in [1.29, 1.82) is 0 Å². The second-order valence-corrected chi connectivity index (χ2v) is 1.80. The summed E-state index contributed by atoms with van der Waals surface area (Å²) in [6, 6.07) is 0. The fourth-order valence-electron chi connectivity index (χ4n) is 0.589. The van der Waals surface area contributed by atoms with E-state index < -0.39 is 0 Å². The average Bonchev–Trinajstić information content (AvgIpc) is 1.64. The third-order valence-corrected chi connectivity index (χ3v) is 0.875. The van der Waals surface area contributed by atoms with Gasteiger partial charge in [0, 0.05) is 12.4 Å². The first-order valence-corrected chi connectivity index (χ1v) is 2.54. The Labute approximate surface area is 54.7 Å². The topological polar surface area (TPSA) is 60.8 Å². The van der Waals surface area contributed by atoms with Gasteiger partial charge in [-0.05, 0) is 13.8 Å². The van der Waals surface area contributed by atoms with Crippen LogP contribution < -0.4 is 6.15 Å². The molecule has 0 aliphatic heterocycles. The largest absolute Gasteiger partial charge is 0.344 e. The lowest BCUT2D eigenvalue weighted by atomic mass is 10.4. The van der Waals surface area contributed by atoms with Gasteiger partial charge >= 0.3 is 0 Å². The lowest BCUT2D eigenvalue weighted by molar-refractivity contribution is 1.05. The predicted octanol–water partition coefficient (Wildman–Crippen LogP) is 1.26. The first kappa shape index (κ1) is 8.04. The fraction of sp³-hybridized carbons (Fsp3) is 0.333. The zero-order valence-corrected chi connectivity index (χ0v) is 5.76. The predicted molar refractivity (Wildman–Crippen MR) is 36.5 cm³/mol. The molecule has 0 radical (unpaired) electrons. The van der Waals surface area contributed by atoms with Crippen LogP contribution in [0.25, 0.3) is 0 Å². The molecule has 1 aromatic heterocycles. The highest BCUT2D eigenvalue weighted by atomic mass is 14.8. The molecule has 0 saturated carbocycles. The molecule has 1 aromatic rings. The Kier molecular flexibility index (Phi) is 2.81. The number of rotatable bonds is 0. The normalized spacial score (nSPS) is 8.22. The molecule has 50 valence electrons. The van der Waals surface area contributed by atoms with Crippen LogP contribution in [0.2, 0.25) is 0 Å². The molecule has 3 heteroatoms. The highest BCUT2D eigenvalue weighted by Crippen LogP contribution is 1.89. The minimum absolute atomic E-state index is 0. The van der Waals surface area contributed by atoms with Crippen molar-refractivity contribution in [3.05, 3.63) is 23.8 Å². The molecule has 0 unspecified atom stereocenters. The van der Waals surface area contributed by atoms with Gasteiger partial charge in [-0.3, -0.25) is 9.97 Å². The first-order chi connectivity index (χ1) is 3.79. The summed E-state index contributed by atoms with van der Waals surface area (Å²) in [6.45, 7) is 3.86. The second-order valence-electron chi connectivity index (χ2n) is 1.80. The number of aromatic nitrogens is 2. The lowest BCUT2D eigenvalue weighted by Crippen LogP contribution is -1.85. The van der Waals surface area contributed by atoms with Crippen LogP contribution in [0.5, 0.6) is 0 Å². The van der Waals surface area contributed by atoms with E-state index in [2.05, 4.69) is 9.97 Å². The SMILES string of the molecule is Cc1cncc(C)n1.N. The van der Waals surface area contributed by atoms with E-state index in [4.69, 9.17) is 0 Å². The average molecular weight is 125 g/mol. The van der Waals surface area contributed by atoms with Gasteiger partial charge in [0.2, 0.25) is 0 Å². The molecular weight excluding hydrogens is 114 g/mol. The van der Waals surface area contributed by atoms with Crippen molar-refractivity contribution in [3.63, 3.8) is 0 Å². The number of hydrogen-bond donors (Lipinski definition) is 1. The van der Waals surface area contributed by atoms with Crippen molar-refractivity contribution in [1.82, 2.24) is 16.1 Å². The second kappa shape index (κ2) is 3.14. The molecule has 9 heavy (non-hydrogen) atoms. The minimum atomic E-state index is 0. The molecule has 0 spiro atoms. The Bertz CT molecular complexity index is 168. The molecular formula is C6H11N3. The van der Waals surface area contributed by atoms with Crippen LogP contribution in [0.1, 0.15) is 11.4 Å². The van der Waals surface area contributed by atoms with E-state index in [-0.39, 0.29) is 6.15 Å². The van der Waals surface area contributed by atoms with Crippen LogP contribution in [0.15, 0.2) is 12.4 Å². The number of hydrogen-bond acceptors (Lipinski definition) is 3. The highest BCUT2D eigenvalue weighted by Gasteiger charge is 1.83. The molecule has 0 fully saturated rings. The summed E-state index contributed by atoms with van der Waals surface area (Å²) in [6.07, 6.45) is 3.49. The van der Waals surface area contributed by atoms with Crippen molar-refractivity contribution in [3.8, 4) is 0 Å². The maximum absolute atomic E-state index is 4.11. The van der Waals surface area contributed by atoms with Crippen LogP contribution in [-0.2, 0) is 0 Å². The van der Waals surface area contributed by atoms with Crippen molar-refractivity contribution >= 4 is 0 Å². The molecule has 1 rings (SSSR count). The van der Waals surface area contributed by atoms with Crippen LogP contribution in [-0.4, -0.2) is 9.97 Å². The Balaban J connectivity index is 0.000000640. The van der Waals surface area contributed by atoms with Crippen molar-refractivity contribution < 1.29 is 0 Å². The molecule has 3 nitrogen and oxygen atoms in total. The molecule has 3 N–H and O–H groups in total. The molecule has 0 atom stereocenters. The van der Waals surface area contributed by atoms with Crippen molar-refractivity contribution in [2.24, 2.45) is 0 Å². The molecule has 0 amide bonds. The molecule has 0 bridgehead atoms. The Hall–Kier alpha value is -0.960. The summed E-state index contributed by atoms with van der Waals surface area (Å²) in [5.41, 5.74) is 1.95. The van der Waals surface area contributed by atoms with E-state index >= 15 is 0 Å². The minimum Gasteiger partial charge on any atom is -0.344 e. The van der Waals surface area contributed by atoms with Gasteiger partial charge in [0.1, 0.15) is 0 Å². The third kappa shape index (κ3) is 2.19. The van der Waals surface area contributed by atoms with Crippen LogP contribution in [0.4, 0.5) is 0 Å². The zero-order valence-electron chi connectivity index (χ0n) is 5.76. The summed E-state index contributed by atoms with van der Waals surface area (Å²) in [7, 11) is 0. The molecule has 0 aromatic carbocycles. The van der Waals surface area contributed by atoms with E-state index in [1.165, 1.54) is 0 Å². The van der Waals surface area contributed by atoms with Gasteiger partial charge in [-0.2, -0.15) is 0 Å². The number of aryl methyl sites for hydroxylation is 2. The quantitative estimate of drug-likeness (QED) is 0.567. The third-order valence-electron chi connectivity index (χ3n) is 0.875. The zero-order chi connectivity index (χ0) is 5.98. The maximum Gasteiger partial charge on any atom is 0.0558 e. The van der Waals surface area contributed by atoms with Crippen molar-refractivity contribution in [2.75, 3.05) is 0 Å². The Morgan fingerprint density at radius 2 is 1.56 bits per heavy atom. The van der Waals surface area contributed by atoms with Gasteiger partial charge in [-0.25, -0.2) is 0 Å². The summed E-state index contributed by atoms with van der Waals surface area (Å²) >= 11 is 0. The summed E-state index contributed by atoms with van der Waals surface area (Å²) in [5, 5.41) is 0. The van der Waals surface area contributed by atoms with Gasteiger partial charge in [-0.1, -0.05) is 0 Å². The highest BCUT2D eigenvalue weighted by molar-refractivity contribution is 4.98.